The minimum Gasteiger partial charge on any atom is -0.283 e. The van der Waals surface area contributed by atoms with Crippen LogP contribution in [0.3, 0.4) is 0 Å². The van der Waals surface area contributed by atoms with E-state index in [1.165, 1.54) is 35.6 Å². The molecule has 0 bridgehead atoms. The number of nitrogens with zero attached hydrogens (tertiary/aromatic N) is 3. The molecule has 0 spiro atoms. The van der Waals surface area contributed by atoms with E-state index < -0.39 is 0 Å². The van der Waals surface area contributed by atoms with Crippen molar-refractivity contribution in [2.24, 2.45) is 4.99 Å². The van der Waals surface area contributed by atoms with Gasteiger partial charge in [0.15, 0.2) is 5.17 Å². The smallest absolute Gasteiger partial charge is 0.267 e. The van der Waals surface area contributed by atoms with Crippen LogP contribution < -0.4 is 0 Å². The van der Waals surface area contributed by atoms with E-state index in [4.69, 9.17) is 0 Å². The molecule has 0 atom stereocenters. The zero-order valence-corrected chi connectivity index (χ0v) is 16.7. The Morgan fingerprint density at radius 3 is 2.74 bits per heavy atom. The van der Waals surface area contributed by atoms with E-state index in [1.54, 1.807) is 24.3 Å². The molecular weight excluding hydrogens is 381 g/mol. The molecule has 2 aromatic rings. The maximum Gasteiger partial charge on any atom is 0.267 e. The fourth-order valence-corrected chi connectivity index (χ4v) is 5.19. The Labute approximate surface area is 166 Å². The van der Waals surface area contributed by atoms with Crippen LogP contribution in [0.4, 0.5) is 9.52 Å². The molecule has 140 valence electrons. The molecule has 1 aliphatic heterocycles. The third-order valence-corrected chi connectivity index (χ3v) is 6.60. The molecule has 0 unspecified atom stereocenters. The molecule has 1 saturated heterocycles. The number of aromatic nitrogens is 1. The van der Waals surface area contributed by atoms with Crippen molar-refractivity contribution < 1.29 is 9.18 Å². The average molecular weight is 402 g/mol. The average Bonchev–Trinajstić information content (AvgIpc) is 3.21. The molecule has 4 rings (SSSR count). The Balaban J connectivity index is 1.71. The monoisotopic (exact) mass is 401 g/mol. The molecule has 0 N–H and O–H groups in total. The van der Waals surface area contributed by atoms with E-state index in [9.17, 15) is 9.18 Å². The summed E-state index contributed by atoms with van der Waals surface area (Å²) in [5, 5.41) is 3.25. The van der Waals surface area contributed by atoms with Crippen LogP contribution in [0.5, 0.6) is 0 Å². The standard InChI is InChI=1S/C20H20FN3OS2/c1-13-12-26-19(22-13)23-20-24(15-8-3-2-4-9-15)18(25)17(27-20)11-14-7-5-6-10-16(14)21/h5-7,10-12,15H,2-4,8-9H2,1H3/b17-11-,23-20+. The largest absolute Gasteiger partial charge is 0.283 e. The van der Waals surface area contributed by atoms with Crippen molar-refractivity contribution >= 4 is 45.4 Å². The SMILES string of the molecule is Cc1csc(/N=C2/S/C(=C\c3ccccc3F)C(=O)N2C2CCCCC2)n1. The first-order valence-corrected chi connectivity index (χ1v) is 10.8. The highest BCUT2D eigenvalue weighted by Crippen LogP contribution is 2.39. The van der Waals surface area contributed by atoms with Crippen LogP contribution in [0, 0.1) is 12.7 Å². The van der Waals surface area contributed by atoms with E-state index in [-0.39, 0.29) is 17.8 Å². The van der Waals surface area contributed by atoms with Gasteiger partial charge in [-0.05, 0) is 43.7 Å². The van der Waals surface area contributed by atoms with E-state index in [0.29, 0.717) is 20.8 Å². The van der Waals surface area contributed by atoms with E-state index >= 15 is 0 Å². The number of aryl methyl sites for hydroxylation is 1. The van der Waals surface area contributed by atoms with Crippen molar-refractivity contribution in [3.63, 3.8) is 0 Å². The molecule has 2 aliphatic rings. The highest BCUT2D eigenvalue weighted by molar-refractivity contribution is 8.18. The van der Waals surface area contributed by atoms with Gasteiger partial charge in [0, 0.05) is 17.0 Å². The van der Waals surface area contributed by atoms with Crippen molar-refractivity contribution in [2.45, 2.75) is 45.1 Å². The summed E-state index contributed by atoms with van der Waals surface area (Å²) >= 11 is 2.78. The molecule has 1 aliphatic carbocycles. The summed E-state index contributed by atoms with van der Waals surface area (Å²) in [5.41, 5.74) is 1.34. The molecule has 2 heterocycles. The van der Waals surface area contributed by atoms with Gasteiger partial charge in [-0.2, -0.15) is 4.99 Å². The first-order chi connectivity index (χ1) is 13.1. The number of hydrogen-bond donors (Lipinski definition) is 0. The van der Waals surface area contributed by atoms with Crippen molar-refractivity contribution in [2.75, 3.05) is 0 Å². The van der Waals surface area contributed by atoms with E-state index in [1.807, 2.05) is 17.2 Å². The summed E-state index contributed by atoms with van der Waals surface area (Å²) in [5.74, 6) is -0.411. The fourth-order valence-electron chi connectivity index (χ4n) is 3.43. The normalized spacial score (nSPS) is 21.6. The first-order valence-electron chi connectivity index (χ1n) is 9.10. The van der Waals surface area contributed by atoms with Gasteiger partial charge in [-0.1, -0.05) is 37.5 Å². The Morgan fingerprint density at radius 2 is 2.04 bits per heavy atom. The van der Waals surface area contributed by atoms with Gasteiger partial charge in [0.05, 0.1) is 10.6 Å². The summed E-state index contributed by atoms with van der Waals surface area (Å²) in [6, 6.07) is 6.66. The number of benzene rings is 1. The lowest BCUT2D eigenvalue weighted by Gasteiger charge is -2.30. The fraction of sp³-hybridized carbons (Fsp3) is 0.350. The number of thiazole rings is 1. The number of rotatable bonds is 3. The molecular formula is C20H20FN3OS2. The van der Waals surface area contributed by atoms with Gasteiger partial charge in [-0.3, -0.25) is 9.69 Å². The van der Waals surface area contributed by atoms with Crippen molar-refractivity contribution in [3.05, 3.63) is 51.6 Å². The van der Waals surface area contributed by atoms with Crippen LogP contribution >= 0.6 is 23.1 Å². The highest BCUT2D eigenvalue weighted by Gasteiger charge is 2.38. The Kier molecular flexibility index (Phi) is 5.41. The second-order valence-electron chi connectivity index (χ2n) is 6.76. The van der Waals surface area contributed by atoms with Gasteiger partial charge in [-0.15, -0.1) is 11.3 Å². The third-order valence-electron chi connectivity index (χ3n) is 4.77. The lowest BCUT2D eigenvalue weighted by molar-refractivity contribution is -0.124. The number of halogens is 1. The molecule has 1 aromatic carbocycles. The molecule has 1 saturated carbocycles. The van der Waals surface area contributed by atoms with Crippen molar-refractivity contribution in [1.29, 1.82) is 0 Å². The predicted molar refractivity (Wildman–Crippen MR) is 110 cm³/mol. The molecule has 2 fully saturated rings. The van der Waals surface area contributed by atoms with Gasteiger partial charge >= 0.3 is 0 Å². The van der Waals surface area contributed by atoms with Gasteiger partial charge < -0.3 is 0 Å². The number of hydrogen-bond acceptors (Lipinski definition) is 5. The molecule has 1 aromatic heterocycles. The topological polar surface area (TPSA) is 45.6 Å². The quantitative estimate of drug-likeness (QED) is 0.636. The predicted octanol–water partition coefficient (Wildman–Crippen LogP) is 5.53. The number of amides is 1. The lowest BCUT2D eigenvalue weighted by Crippen LogP contribution is -2.40. The van der Waals surface area contributed by atoms with Crippen LogP contribution in [-0.2, 0) is 4.79 Å². The summed E-state index contributed by atoms with van der Waals surface area (Å²) in [6.07, 6.45) is 7.05. The number of aliphatic imine (C=N–C) groups is 1. The van der Waals surface area contributed by atoms with Gasteiger partial charge in [-0.25, -0.2) is 9.37 Å². The minimum absolute atomic E-state index is 0.0813. The van der Waals surface area contributed by atoms with Gasteiger partial charge in [0.2, 0.25) is 5.13 Å². The summed E-state index contributed by atoms with van der Waals surface area (Å²) in [7, 11) is 0. The maximum atomic E-state index is 14.1. The minimum atomic E-state index is -0.330. The molecule has 0 radical (unpaired) electrons. The van der Waals surface area contributed by atoms with Crippen LogP contribution in [0.1, 0.15) is 43.4 Å². The molecule has 27 heavy (non-hydrogen) atoms. The summed E-state index contributed by atoms with van der Waals surface area (Å²) < 4.78 is 14.1. The lowest BCUT2D eigenvalue weighted by atomic mass is 9.94. The van der Waals surface area contributed by atoms with Gasteiger partial charge in [0.25, 0.3) is 5.91 Å². The Hall–Kier alpha value is -1.99. The Morgan fingerprint density at radius 1 is 1.26 bits per heavy atom. The van der Waals surface area contributed by atoms with Crippen molar-refractivity contribution in [1.82, 2.24) is 9.88 Å². The second kappa shape index (κ2) is 7.94. The Bertz CT molecular complexity index is 915. The molecule has 4 nitrogen and oxygen atoms in total. The van der Waals surface area contributed by atoms with E-state index in [2.05, 4.69) is 9.98 Å². The van der Waals surface area contributed by atoms with Crippen LogP contribution in [-0.4, -0.2) is 27.0 Å². The second-order valence-corrected chi connectivity index (χ2v) is 8.61. The van der Waals surface area contributed by atoms with Gasteiger partial charge in [0.1, 0.15) is 5.82 Å². The van der Waals surface area contributed by atoms with E-state index in [0.717, 1.165) is 31.4 Å². The number of thioether (sulfide) groups is 1. The number of carbonyl (C=O) groups excluding carboxylic acids is 1. The molecule has 7 heteroatoms. The summed E-state index contributed by atoms with van der Waals surface area (Å²) in [4.78, 5) is 24.5. The zero-order valence-electron chi connectivity index (χ0n) is 15.0. The maximum absolute atomic E-state index is 14.1. The number of amidine groups is 1. The zero-order chi connectivity index (χ0) is 18.8. The van der Waals surface area contributed by atoms with Crippen LogP contribution in [0.15, 0.2) is 39.5 Å². The summed E-state index contributed by atoms with van der Waals surface area (Å²) in [6.45, 7) is 1.93. The van der Waals surface area contributed by atoms with Crippen LogP contribution in [0.25, 0.3) is 6.08 Å². The number of carbonyl (C=O) groups is 1. The van der Waals surface area contributed by atoms with Crippen LogP contribution in [0.2, 0.25) is 0 Å². The van der Waals surface area contributed by atoms with Crippen molar-refractivity contribution in [3.8, 4) is 0 Å². The molecule has 1 amide bonds. The third kappa shape index (κ3) is 3.99. The highest BCUT2D eigenvalue weighted by atomic mass is 32.2. The first kappa shape index (κ1) is 18.4.